The van der Waals surface area contributed by atoms with E-state index in [0.29, 0.717) is 5.92 Å². The molecule has 0 spiro atoms. The summed E-state index contributed by atoms with van der Waals surface area (Å²) in [5, 5.41) is 0. The zero-order valence-electron chi connectivity index (χ0n) is 14.7. The van der Waals surface area contributed by atoms with E-state index < -0.39 is 10.0 Å². The van der Waals surface area contributed by atoms with Crippen LogP contribution < -0.4 is 9.46 Å². The predicted octanol–water partition coefficient (Wildman–Crippen LogP) is 4.66. The second kappa shape index (κ2) is 8.83. The molecule has 1 unspecified atom stereocenters. The number of rotatable bonds is 8. The fourth-order valence-corrected chi connectivity index (χ4v) is 4.26. The Morgan fingerprint density at radius 1 is 1.04 bits per heavy atom. The maximum absolute atomic E-state index is 12.6. The summed E-state index contributed by atoms with van der Waals surface area (Å²) in [7, 11) is -1.84. The number of nitrogens with one attached hydrogen (secondary N) is 1. The summed E-state index contributed by atoms with van der Waals surface area (Å²) in [6.07, 6.45) is 0.728. The first kappa shape index (κ1) is 19.9. The van der Waals surface area contributed by atoms with Crippen LogP contribution in [0.3, 0.4) is 0 Å². The molecule has 0 aliphatic heterocycles. The minimum absolute atomic E-state index is 0.0367. The maximum atomic E-state index is 12.6. The van der Waals surface area contributed by atoms with Gasteiger partial charge in [0.25, 0.3) is 0 Å². The van der Waals surface area contributed by atoms with E-state index >= 15 is 0 Å². The van der Waals surface area contributed by atoms with Crippen molar-refractivity contribution in [2.45, 2.75) is 32.1 Å². The van der Waals surface area contributed by atoms with Crippen LogP contribution in [0, 0.1) is 5.92 Å². The largest absolute Gasteiger partial charge is 0.497 e. The van der Waals surface area contributed by atoms with Gasteiger partial charge in [-0.1, -0.05) is 54.0 Å². The molecule has 0 bridgehead atoms. The number of methoxy groups -OCH3 is 1. The molecule has 0 heterocycles. The molecule has 0 aliphatic carbocycles. The Labute approximate surface area is 158 Å². The van der Waals surface area contributed by atoms with Crippen molar-refractivity contribution in [1.82, 2.24) is 4.72 Å². The van der Waals surface area contributed by atoms with Gasteiger partial charge in [0.15, 0.2) is 0 Å². The standard InChI is InChI=1S/C19H24BrNO3S/c1-14(2)12-19(16-6-10-18(24-3)11-7-16)21-25(22,23)13-15-4-8-17(20)9-5-15/h4-11,14,19,21H,12-13H2,1-3H3. The van der Waals surface area contributed by atoms with Crippen LogP contribution >= 0.6 is 15.9 Å². The number of sulfonamides is 1. The minimum Gasteiger partial charge on any atom is -0.497 e. The van der Waals surface area contributed by atoms with Crippen molar-refractivity contribution < 1.29 is 13.2 Å². The first-order chi connectivity index (χ1) is 11.8. The predicted molar refractivity (Wildman–Crippen MR) is 105 cm³/mol. The van der Waals surface area contributed by atoms with Crippen LogP contribution in [-0.2, 0) is 15.8 Å². The third-order valence-electron chi connectivity index (χ3n) is 3.82. The Hall–Kier alpha value is -1.37. The van der Waals surface area contributed by atoms with Gasteiger partial charge in [-0.25, -0.2) is 13.1 Å². The lowest BCUT2D eigenvalue weighted by Crippen LogP contribution is -2.30. The Kier molecular flexibility index (Phi) is 7.04. The molecule has 1 N–H and O–H groups in total. The number of benzene rings is 2. The molecule has 136 valence electrons. The zero-order chi connectivity index (χ0) is 18.4. The van der Waals surface area contributed by atoms with Gasteiger partial charge in [0.2, 0.25) is 10.0 Å². The van der Waals surface area contributed by atoms with Crippen LogP contribution in [0.4, 0.5) is 0 Å². The van der Waals surface area contributed by atoms with Gasteiger partial charge in [-0.15, -0.1) is 0 Å². The Balaban J connectivity index is 2.17. The highest BCUT2D eigenvalue weighted by atomic mass is 79.9. The van der Waals surface area contributed by atoms with E-state index in [4.69, 9.17) is 4.74 Å². The number of ether oxygens (including phenoxy) is 1. The third-order valence-corrected chi connectivity index (χ3v) is 5.70. The summed E-state index contributed by atoms with van der Waals surface area (Å²) in [6.45, 7) is 4.17. The highest BCUT2D eigenvalue weighted by molar-refractivity contribution is 9.10. The molecule has 2 aromatic rings. The smallest absolute Gasteiger partial charge is 0.216 e. The van der Waals surface area contributed by atoms with Crippen molar-refractivity contribution in [3.05, 3.63) is 64.1 Å². The zero-order valence-corrected chi connectivity index (χ0v) is 17.1. The Morgan fingerprint density at radius 2 is 1.64 bits per heavy atom. The molecule has 25 heavy (non-hydrogen) atoms. The molecule has 0 saturated carbocycles. The lowest BCUT2D eigenvalue weighted by Gasteiger charge is -2.21. The fourth-order valence-electron chi connectivity index (χ4n) is 2.62. The summed E-state index contributed by atoms with van der Waals surface area (Å²) in [5.41, 5.74) is 1.70. The molecular weight excluding hydrogens is 402 g/mol. The average Bonchev–Trinajstić information content (AvgIpc) is 2.55. The van der Waals surface area contributed by atoms with E-state index in [2.05, 4.69) is 34.5 Å². The summed E-state index contributed by atoms with van der Waals surface area (Å²) in [5.74, 6) is 1.08. The van der Waals surface area contributed by atoms with Crippen molar-refractivity contribution in [3.8, 4) is 5.75 Å². The first-order valence-electron chi connectivity index (χ1n) is 8.17. The highest BCUT2D eigenvalue weighted by Gasteiger charge is 2.21. The molecule has 6 heteroatoms. The van der Waals surface area contributed by atoms with Gasteiger partial charge in [0.1, 0.15) is 5.75 Å². The molecule has 0 radical (unpaired) electrons. The molecule has 0 aliphatic rings. The summed E-state index contributed by atoms with van der Waals surface area (Å²) >= 11 is 3.36. The summed E-state index contributed by atoms with van der Waals surface area (Å²) in [6, 6.07) is 14.6. The lowest BCUT2D eigenvalue weighted by atomic mass is 9.98. The normalized spacial score (nSPS) is 13.0. The molecule has 0 saturated heterocycles. The van der Waals surface area contributed by atoms with Crippen LogP contribution in [0.2, 0.25) is 0 Å². The van der Waals surface area contributed by atoms with E-state index in [1.54, 1.807) is 7.11 Å². The van der Waals surface area contributed by atoms with E-state index in [9.17, 15) is 8.42 Å². The van der Waals surface area contributed by atoms with Crippen molar-refractivity contribution >= 4 is 26.0 Å². The van der Waals surface area contributed by atoms with Crippen molar-refractivity contribution in [2.75, 3.05) is 7.11 Å². The molecule has 0 aromatic heterocycles. The van der Waals surface area contributed by atoms with E-state index in [-0.39, 0.29) is 11.8 Å². The number of hydrogen-bond donors (Lipinski definition) is 1. The lowest BCUT2D eigenvalue weighted by molar-refractivity contribution is 0.414. The van der Waals surface area contributed by atoms with Crippen molar-refractivity contribution in [3.63, 3.8) is 0 Å². The van der Waals surface area contributed by atoms with Gasteiger partial charge in [0, 0.05) is 10.5 Å². The van der Waals surface area contributed by atoms with Gasteiger partial charge in [0.05, 0.1) is 12.9 Å². The first-order valence-corrected chi connectivity index (χ1v) is 10.6. The van der Waals surface area contributed by atoms with Gasteiger partial charge < -0.3 is 4.74 Å². The van der Waals surface area contributed by atoms with Crippen LogP contribution in [0.5, 0.6) is 5.75 Å². The molecular formula is C19H24BrNO3S. The summed E-state index contributed by atoms with van der Waals surface area (Å²) < 4.78 is 34.2. The van der Waals surface area contributed by atoms with Crippen molar-refractivity contribution in [2.24, 2.45) is 5.92 Å². The molecule has 4 nitrogen and oxygen atoms in total. The fraction of sp³-hybridized carbons (Fsp3) is 0.368. The number of hydrogen-bond acceptors (Lipinski definition) is 3. The minimum atomic E-state index is -3.45. The van der Waals surface area contributed by atoms with Gasteiger partial charge in [-0.3, -0.25) is 0 Å². The SMILES string of the molecule is COc1ccc(C(CC(C)C)NS(=O)(=O)Cc2ccc(Br)cc2)cc1. The van der Waals surface area contributed by atoms with Crippen LogP contribution in [0.15, 0.2) is 53.0 Å². The van der Waals surface area contributed by atoms with Crippen LogP contribution in [0.1, 0.15) is 37.4 Å². The van der Waals surface area contributed by atoms with E-state index in [1.807, 2.05) is 48.5 Å². The highest BCUT2D eigenvalue weighted by Crippen LogP contribution is 2.25. The molecule has 1 atom stereocenters. The van der Waals surface area contributed by atoms with E-state index in [1.165, 1.54) is 0 Å². The van der Waals surface area contributed by atoms with Gasteiger partial charge in [-0.2, -0.15) is 0 Å². The van der Waals surface area contributed by atoms with Crippen molar-refractivity contribution in [1.29, 1.82) is 0 Å². The second-order valence-corrected chi connectivity index (χ2v) is 9.13. The Morgan fingerprint density at radius 3 is 2.16 bits per heavy atom. The van der Waals surface area contributed by atoms with Crippen LogP contribution in [-0.4, -0.2) is 15.5 Å². The quantitative estimate of drug-likeness (QED) is 0.668. The molecule has 2 aromatic carbocycles. The average molecular weight is 426 g/mol. The Bertz CT molecular complexity index is 771. The van der Waals surface area contributed by atoms with Gasteiger partial charge in [-0.05, 0) is 47.7 Å². The van der Waals surface area contributed by atoms with Crippen LogP contribution in [0.25, 0.3) is 0 Å². The van der Waals surface area contributed by atoms with Gasteiger partial charge >= 0.3 is 0 Å². The molecule has 0 fully saturated rings. The second-order valence-electron chi connectivity index (χ2n) is 6.46. The summed E-state index contributed by atoms with van der Waals surface area (Å²) in [4.78, 5) is 0. The monoisotopic (exact) mass is 425 g/mol. The number of halogens is 1. The maximum Gasteiger partial charge on any atom is 0.216 e. The van der Waals surface area contributed by atoms with E-state index in [0.717, 1.165) is 27.8 Å². The topological polar surface area (TPSA) is 55.4 Å². The third kappa shape index (κ3) is 6.45. The molecule has 0 amide bonds. The molecule has 2 rings (SSSR count).